The summed E-state index contributed by atoms with van der Waals surface area (Å²) in [5.74, 6) is -0.745. The lowest BCUT2D eigenvalue weighted by molar-refractivity contribution is -0.316. The predicted molar refractivity (Wildman–Crippen MR) is 140 cm³/mol. The lowest BCUT2D eigenvalue weighted by Gasteiger charge is -2.48. The van der Waals surface area contributed by atoms with E-state index in [1.165, 1.54) is 0 Å². The number of ether oxygens (including phenoxy) is 4. The Balaban J connectivity index is 1.85. The molecule has 234 valence electrons. The number of nitrogens with one attached hydrogen (secondary N) is 2. The molecule has 3 aliphatic rings. The van der Waals surface area contributed by atoms with Crippen molar-refractivity contribution in [3.8, 4) is 0 Å². The van der Waals surface area contributed by atoms with Crippen molar-refractivity contribution in [3.05, 3.63) is 0 Å². The third-order valence-electron chi connectivity index (χ3n) is 7.76. The van der Waals surface area contributed by atoms with Gasteiger partial charge in [0.2, 0.25) is 5.91 Å². The van der Waals surface area contributed by atoms with Crippen LogP contribution in [-0.4, -0.2) is 143 Å². The molecule has 6 unspecified atom stereocenters. The van der Waals surface area contributed by atoms with Crippen molar-refractivity contribution < 1.29 is 49.3 Å². The molecule has 0 aromatic carbocycles. The van der Waals surface area contributed by atoms with E-state index in [9.17, 15) is 30.3 Å². The van der Waals surface area contributed by atoms with Crippen LogP contribution in [0.5, 0.6) is 0 Å². The standard InChI is InChI=1S/C24H48N6O10/c1-2-29-16-17(33)15(9-31)38-24(18(16)34)40-21-13(30-22(36)14(32)5-6-25)7-12(28)20(19(21)35)39-23-11(27)4-3-10(8-26)37-23/h10-21,23-24,29,31-35H,2-9,25-28H2,1H3,(H,30,36)/t10?,11?,12-,13+,14-,15?,16-,17+,18?,19?,20?,21-,23+,24+/m0/s1. The number of aliphatic hydroxyl groups is 5. The Kier molecular flexibility index (Phi) is 12.9. The second-order valence-electron chi connectivity index (χ2n) is 10.7. The van der Waals surface area contributed by atoms with Crippen molar-refractivity contribution in [1.29, 1.82) is 0 Å². The summed E-state index contributed by atoms with van der Waals surface area (Å²) in [6.07, 6.45) is -10.3. The molecule has 2 saturated heterocycles. The van der Waals surface area contributed by atoms with Crippen LogP contribution in [0.2, 0.25) is 0 Å². The number of amides is 1. The van der Waals surface area contributed by atoms with Crippen LogP contribution in [0.4, 0.5) is 0 Å². The minimum absolute atomic E-state index is 0.00846. The molecule has 0 radical (unpaired) electrons. The molecule has 0 spiro atoms. The normalized spacial score (nSPS) is 43.3. The van der Waals surface area contributed by atoms with Gasteiger partial charge in [-0.3, -0.25) is 4.79 Å². The van der Waals surface area contributed by atoms with Gasteiger partial charge in [-0.25, -0.2) is 0 Å². The Labute approximate surface area is 233 Å². The quantitative estimate of drug-likeness (QED) is 0.102. The highest BCUT2D eigenvalue weighted by Crippen LogP contribution is 2.31. The highest BCUT2D eigenvalue weighted by Gasteiger charge is 2.51. The zero-order chi connectivity index (χ0) is 29.6. The zero-order valence-corrected chi connectivity index (χ0v) is 22.8. The highest BCUT2D eigenvalue weighted by atomic mass is 16.7. The molecule has 3 fully saturated rings. The van der Waals surface area contributed by atoms with Gasteiger partial charge in [0.1, 0.15) is 42.7 Å². The van der Waals surface area contributed by atoms with E-state index in [4.69, 9.17) is 41.9 Å². The van der Waals surface area contributed by atoms with E-state index in [-0.39, 0.29) is 32.0 Å². The number of likely N-dealkylation sites (N-methyl/N-ethyl adjacent to an activating group) is 1. The first-order valence-corrected chi connectivity index (χ1v) is 14.0. The summed E-state index contributed by atoms with van der Waals surface area (Å²) >= 11 is 0. The summed E-state index contributed by atoms with van der Waals surface area (Å²) in [4.78, 5) is 12.7. The Hall–Kier alpha value is -1.09. The maximum absolute atomic E-state index is 12.7. The van der Waals surface area contributed by atoms with Crippen LogP contribution >= 0.6 is 0 Å². The highest BCUT2D eigenvalue weighted by molar-refractivity contribution is 5.80. The first kappa shape index (κ1) is 33.4. The van der Waals surface area contributed by atoms with E-state index in [2.05, 4.69) is 10.6 Å². The number of carbonyl (C=O) groups is 1. The number of hydrogen-bond acceptors (Lipinski definition) is 15. The summed E-state index contributed by atoms with van der Waals surface area (Å²) in [5, 5.41) is 58.5. The number of aliphatic hydroxyl groups excluding tert-OH is 5. The van der Waals surface area contributed by atoms with Crippen molar-refractivity contribution >= 4 is 5.91 Å². The summed E-state index contributed by atoms with van der Waals surface area (Å²) < 4.78 is 23.7. The number of rotatable bonds is 12. The van der Waals surface area contributed by atoms with E-state index in [1.807, 2.05) is 0 Å². The Morgan fingerprint density at radius 1 is 1.00 bits per heavy atom. The van der Waals surface area contributed by atoms with Crippen molar-refractivity contribution in [2.75, 3.05) is 26.2 Å². The van der Waals surface area contributed by atoms with E-state index in [1.54, 1.807) is 6.92 Å². The van der Waals surface area contributed by atoms with E-state index < -0.39 is 92.0 Å². The fraction of sp³-hybridized carbons (Fsp3) is 0.958. The third-order valence-corrected chi connectivity index (χ3v) is 7.76. The lowest BCUT2D eigenvalue weighted by atomic mass is 9.83. The molecular weight excluding hydrogens is 532 g/mol. The first-order valence-electron chi connectivity index (χ1n) is 14.0. The topological polar surface area (TPSA) is 283 Å². The molecule has 2 heterocycles. The molecule has 0 bridgehead atoms. The van der Waals surface area contributed by atoms with E-state index >= 15 is 0 Å². The molecule has 16 heteroatoms. The van der Waals surface area contributed by atoms with Crippen LogP contribution < -0.4 is 33.6 Å². The van der Waals surface area contributed by atoms with Gasteiger partial charge in [0.05, 0.1) is 30.8 Å². The SMILES string of the molecule is CCN[C@@H]1C(O)[C@@H](O[C@@H]2C(O)C(O[C@H]3OC(CN)CCC3N)[C@@H](N)C[C@H]2NC(=O)[C@@H](O)CCN)OC(CO)[C@H]1O. The van der Waals surface area contributed by atoms with Crippen LogP contribution in [-0.2, 0) is 23.7 Å². The molecule has 40 heavy (non-hydrogen) atoms. The minimum Gasteiger partial charge on any atom is -0.394 e. The average molecular weight is 581 g/mol. The smallest absolute Gasteiger partial charge is 0.249 e. The van der Waals surface area contributed by atoms with Crippen molar-refractivity contribution in [1.82, 2.24) is 10.6 Å². The van der Waals surface area contributed by atoms with Gasteiger partial charge < -0.3 is 78.0 Å². The summed E-state index contributed by atoms with van der Waals surface area (Å²) in [7, 11) is 0. The molecule has 14 atom stereocenters. The monoisotopic (exact) mass is 580 g/mol. The van der Waals surface area contributed by atoms with Gasteiger partial charge >= 0.3 is 0 Å². The number of hydrogen-bond donors (Lipinski definition) is 11. The molecule has 3 rings (SSSR count). The second kappa shape index (κ2) is 15.4. The number of carbonyl (C=O) groups excluding carboxylic acids is 1. The zero-order valence-electron chi connectivity index (χ0n) is 22.8. The van der Waals surface area contributed by atoms with Crippen molar-refractivity contribution in [2.45, 2.75) is 118 Å². The molecule has 0 aromatic rings. The minimum atomic E-state index is -1.48. The van der Waals surface area contributed by atoms with Gasteiger partial charge in [-0.2, -0.15) is 0 Å². The third kappa shape index (κ3) is 7.84. The molecule has 16 nitrogen and oxygen atoms in total. The molecule has 1 aliphatic carbocycles. The fourth-order valence-electron chi connectivity index (χ4n) is 5.47. The van der Waals surface area contributed by atoms with Crippen LogP contribution in [0.25, 0.3) is 0 Å². The Morgan fingerprint density at radius 3 is 2.33 bits per heavy atom. The van der Waals surface area contributed by atoms with Gasteiger partial charge in [-0.15, -0.1) is 0 Å². The number of nitrogens with two attached hydrogens (primary N) is 4. The molecule has 0 aromatic heterocycles. The van der Waals surface area contributed by atoms with Crippen LogP contribution in [0.1, 0.15) is 32.6 Å². The second-order valence-corrected chi connectivity index (χ2v) is 10.7. The molecule has 1 saturated carbocycles. The first-order chi connectivity index (χ1) is 19.1. The van der Waals surface area contributed by atoms with Crippen LogP contribution in [0.3, 0.4) is 0 Å². The van der Waals surface area contributed by atoms with Crippen LogP contribution in [0, 0.1) is 0 Å². The summed E-state index contributed by atoms with van der Waals surface area (Å²) in [6.45, 7) is 1.94. The van der Waals surface area contributed by atoms with E-state index in [0.717, 1.165) is 0 Å². The Bertz CT molecular complexity index is 788. The predicted octanol–water partition coefficient (Wildman–Crippen LogP) is -5.75. The molecule has 15 N–H and O–H groups in total. The summed E-state index contributed by atoms with van der Waals surface area (Å²) in [6, 6.07) is -3.19. The van der Waals surface area contributed by atoms with E-state index in [0.29, 0.717) is 19.4 Å². The molecule has 2 aliphatic heterocycles. The van der Waals surface area contributed by atoms with Gasteiger partial charge in [0, 0.05) is 12.6 Å². The van der Waals surface area contributed by atoms with Crippen molar-refractivity contribution in [3.63, 3.8) is 0 Å². The van der Waals surface area contributed by atoms with Gasteiger partial charge in [-0.1, -0.05) is 6.92 Å². The lowest BCUT2D eigenvalue weighted by Crippen LogP contribution is -2.69. The fourth-order valence-corrected chi connectivity index (χ4v) is 5.47. The summed E-state index contributed by atoms with van der Waals surface area (Å²) in [5.41, 5.74) is 23.8. The largest absolute Gasteiger partial charge is 0.394 e. The Morgan fingerprint density at radius 2 is 1.70 bits per heavy atom. The molecule has 1 amide bonds. The van der Waals surface area contributed by atoms with Crippen LogP contribution in [0.15, 0.2) is 0 Å². The van der Waals surface area contributed by atoms with Crippen molar-refractivity contribution in [2.24, 2.45) is 22.9 Å². The maximum atomic E-state index is 12.7. The maximum Gasteiger partial charge on any atom is 0.249 e. The van der Waals surface area contributed by atoms with Gasteiger partial charge in [0.15, 0.2) is 12.6 Å². The average Bonchev–Trinajstić information content (AvgIpc) is 2.93. The van der Waals surface area contributed by atoms with Gasteiger partial charge in [-0.05, 0) is 38.8 Å². The van der Waals surface area contributed by atoms with Gasteiger partial charge in [0.25, 0.3) is 0 Å². The molecular formula is C24H48N6O10.